The van der Waals surface area contributed by atoms with E-state index in [2.05, 4.69) is 19.9 Å². The first-order valence-corrected chi connectivity index (χ1v) is 5.28. The van der Waals surface area contributed by atoms with Crippen LogP contribution in [0, 0.1) is 13.8 Å². The lowest BCUT2D eigenvalue weighted by Gasteiger charge is -2.08. The number of aryl methyl sites for hydroxylation is 2. The Morgan fingerprint density at radius 3 is 2.71 bits per heavy atom. The molecule has 90 valence electrons. The van der Waals surface area contributed by atoms with Gasteiger partial charge in [-0.25, -0.2) is 4.63 Å². The zero-order valence-corrected chi connectivity index (χ0v) is 9.80. The molecule has 0 aromatic carbocycles. The van der Waals surface area contributed by atoms with Crippen LogP contribution in [0.2, 0.25) is 0 Å². The first kappa shape index (κ1) is 11.5. The first-order valence-electron chi connectivity index (χ1n) is 5.28. The van der Waals surface area contributed by atoms with Crippen LogP contribution < -0.4 is 10.5 Å². The Hall–Kier alpha value is -1.95. The van der Waals surface area contributed by atoms with Gasteiger partial charge >= 0.3 is 0 Å². The lowest BCUT2D eigenvalue weighted by Crippen LogP contribution is -2.06. The van der Waals surface area contributed by atoms with E-state index in [1.165, 1.54) is 0 Å². The predicted molar refractivity (Wildman–Crippen MR) is 60.2 cm³/mol. The standard InChI is InChI=1S/C11H14N4O2/c1-7-3-4-11(9(5-12)13-7)16-6-10-8(2)14-17-15-10/h3-4H,5-6,12H2,1-2H3. The molecule has 6 nitrogen and oxygen atoms in total. The maximum Gasteiger partial charge on any atom is 0.145 e. The van der Waals surface area contributed by atoms with Gasteiger partial charge in [-0.2, -0.15) is 0 Å². The second-order valence-corrected chi connectivity index (χ2v) is 3.69. The third-order valence-corrected chi connectivity index (χ3v) is 2.38. The summed E-state index contributed by atoms with van der Waals surface area (Å²) >= 11 is 0. The minimum atomic E-state index is 0.299. The summed E-state index contributed by atoms with van der Waals surface area (Å²) in [6, 6.07) is 3.73. The van der Waals surface area contributed by atoms with Gasteiger partial charge in [-0.1, -0.05) is 10.3 Å². The van der Waals surface area contributed by atoms with Crippen molar-refractivity contribution in [1.82, 2.24) is 15.3 Å². The van der Waals surface area contributed by atoms with Crippen molar-refractivity contribution in [3.05, 3.63) is 34.9 Å². The largest absolute Gasteiger partial charge is 0.485 e. The molecule has 0 saturated carbocycles. The van der Waals surface area contributed by atoms with Crippen LogP contribution in [-0.4, -0.2) is 15.3 Å². The van der Waals surface area contributed by atoms with Gasteiger partial charge in [0, 0.05) is 12.2 Å². The summed E-state index contributed by atoms with van der Waals surface area (Å²) in [7, 11) is 0. The fourth-order valence-corrected chi connectivity index (χ4v) is 1.40. The Morgan fingerprint density at radius 2 is 2.06 bits per heavy atom. The van der Waals surface area contributed by atoms with Gasteiger partial charge in [0.05, 0.1) is 5.69 Å². The van der Waals surface area contributed by atoms with Crippen LogP contribution in [0.5, 0.6) is 5.75 Å². The molecule has 17 heavy (non-hydrogen) atoms. The third-order valence-electron chi connectivity index (χ3n) is 2.38. The van der Waals surface area contributed by atoms with Crippen LogP contribution in [0.1, 0.15) is 22.8 Å². The highest BCUT2D eigenvalue weighted by Gasteiger charge is 2.08. The molecule has 0 spiro atoms. The molecule has 0 fully saturated rings. The second-order valence-electron chi connectivity index (χ2n) is 3.69. The third kappa shape index (κ3) is 2.59. The maximum atomic E-state index is 5.61. The molecule has 0 aliphatic heterocycles. The molecule has 0 bridgehead atoms. The Kier molecular flexibility index (Phi) is 3.34. The molecule has 6 heteroatoms. The molecule has 0 amide bonds. The minimum absolute atomic E-state index is 0.299. The Bertz CT molecular complexity index is 510. The van der Waals surface area contributed by atoms with Gasteiger partial charge in [0.15, 0.2) is 0 Å². The highest BCUT2D eigenvalue weighted by atomic mass is 16.6. The second kappa shape index (κ2) is 4.92. The van der Waals surface area contributed by atoms with Gasteiger partial charge in [-0.3, -0.25) is 4.98 Å². The highest BCUT2D eigenvalue weighted by molar-refractivity contribution is 5.29. The lowest BCUT2D eigenvalue weighted by molar-refractivity contribution is 0.267. The van der Waals surface area contributed by atoms with Crippen molar-refractivity contribution >= 4 is 0 Å². The van der Waals surface area contributed by atoms with Crippen molar-refractivity contribution in [3.63, 3.8) is 0 Å². The minimum Gasteiger partial charge on any atom is -0.485 e. The maximum absolute atomic E-state index is 5.61. The summed E-state index contributed by atoms with van der Waals surface area (Å²) in [6.45, 7) is 4.36. The monoisotopic (exact) mass is 234 g/mol. The molecule has 0 aliphatic carbocycles. The van der Waals surface area contributed by atoms with Gasteiger partial charge in [-0.05, 0) is 26.0 Å². The average molecular weight is 234 g/mol. The smallest absolute Gasteiger partial charge is 0.145 e. The van der Waals surface area contributed by atoms with Crippen molar-refractivity contribution in [2.75, 3.05) is 0 Å². The van der Waals surface area contributed by atoms with Gasteiger partial charge in [-0.15, -0.1) is 0 Å². The molecular formula is C11H14N4O2. The molecule has 0 radical (unpaired) electrons. The molecule has 2 N–H and O–H groups in total. The van der Waals surface area contributed by atoms with Crippen molar-refractivity contribution in [2.45, 2.75) is 27.0 Å². The predicted octanol–water partition coefficient (Wildman–Crippen LogP) is 1.12. The number of rotatable bonds is 4. The zero-order chi connectivity index (χ0) is 12.3. The van der Waals surface area contributed by atoms with Crippen LogP contribution in [0.25, 0.3) is 0 Å². The van der Waals surface area contributed by atoms with Gasteiger partial charge in [0.2, 0.25) is 0 Å². The number of nitrogens with two attached hydrogens (primary N) is 1. The van der Waals surface area contributed by atoms with Crippen molar-refractivity contribution in [1.29, 1.82) is 0 Å². The molecule has 0 unspecified atom stereocenters. The van der Waals surface area contributed by atoms with E-state index in [-0.39, 0.29) is 0 Å². The SMILES string of the molecule is Cc1ccc(OCc2nonc2C)c(CN)n1. The summed E-state index contributed by atoms with van der Waals surface area (Å²) in [6.07, 6.45) is 0. The molecule has 0 aliphatic rings. The van der Waals surface area contributed by atoms with E-state index in [0.29, 0.717) is 24.6 Å². The zero-order valence-electron chi connectivity index (χ0n) is 9.80. The van der Waals surface area contributed by atoms with Gasteiger partial charge in [0.25, 0.3) is 0 Å². The van der Waals surface area contributed by atoms with Crippen LogP contribution in [0.15, 0.2) is 16.8 Å². The molecule has 2 rings (SSSR count). The first-order chi connectivity index (χ1) is 8.20. The molecular weight excluding hydrogens is 220 g/mol. The number of ether oxygens (including phenoxy) is 1. The molecule has 2 aromatic heterocycles. The van der Waals surface area contributed by atoms with E-state index < -0.39 is 0 Å². The van der Waals surface area contributed by atoms with E-state index in [1.807, 2.05) is 26.0 Å². The topological polar surface area (TPSA) is 87.1 Å². The normalized spacial score (nSPS) is 10.5. The van der Waals surface area contributed by atoms with E-state index >= 15 is 0 Å². The Morgan fingerprint density at radius 1 is 1.24 bits per heavy atom. The van der Waals surface area contributed by atoms with Crippen LogP contribution >= 0.6 is 0 Å². The quantitative estimate of drug-likeness (QED) is 0.852. The van der Waals surface area contributed by atoms with Crippen LogP contribution in [0.3, 0.4) is 0 Å². The van der Waals surface area contributed by atoms with Crippen LogP contribution in [0.4, 0.5) is 0 Å². The molecule has 2 heterocycles. The van der Waals surface area contributed by atoms with Crippen molar-refractivity contribution < 1.29 is 9.37 Å². The number of hydrogen-bond acceptors (Lipinski definition) is 6. The van der Waals surface area contributed by atoms with Crippen molar-refractivity contribution in [3.8, 4) is 5.75 Å². The van der Waals surface area contributed by atoms with E-state index in [4.69, 9.17) is 10.5 Å². The fourth-order valence-electron chi connectivity index (χ4n) is 1.40. The molecule has 2 aromatic rings. The van der Waals surface area contributed by atoms with Gasteiger partial charge in [0.1, 0.15) is 23.7 Å². The number of pyridine rings is 1. The average Bonchev–Trinajstić information content (AvgIpc) is 2.73. The van der Waals surface area contributed by atoms with E-state index in [0.717, 1.165) is 17.1 Å². The van der Waals surface area contributed by atoms with E-state index in [9.17, 15) is 0 Å². The fraction of sp³-hybridized carbons (Fsp3) is 0.364. The summed E-state index contributed by atoms with van der Waals surface area (Å²) < 4.78 is 10.2. The Labute approximate surface area is 98.8 Å². The van der Waals surface area contributed by atoms with Crippen LogP contribution in [-0.2, 0) is 13.2 Å². The number of aromatic nitrogens is 3. The number of hydrogen-bond donors (Lipinski definition) is 1. The summed E-state index contributed by atoms with van der Waals surface area (Å²) in [5, 5.41) is 7.42. The Balaban J connectivity index is 2.11. The summed E-state index contributed by atoms with van der Waals surface area (Å²) in [4.78, 5) is 4.30. The highest BCUT2D eigenvalue weighted by Crippen LogP contribution is 2.18. The van der Waals surface area contributed by atoms with E-state index in [1.54, 1.807) is 0 Å². The molecule has 0 saturated heterocycles. The van der Waals surface area contributed by atoms with Crippen molar-refractivity contribution in [2.24, 2.45) is 5.73 Å². The summed E-state index contributed by atoms with van der Waals surface area (Å²) in [5.41, 5.74) is 8.65. The summed E-state index contributed by atoms with van der Waals surface area (Å²) in [5.74, 6) is 0.667. The lowest BCUT2D eigenvalue weighted by atomic mass is 10.3. The van der Waals surface area contributed by atoms with Gasteiger partial charge < -0.3 is 10.5 Å². The number of nitrogens with zero attached hydrogens (tertiary/aromatic N) is 3. The molecule has 0 atom stereocenters.